The third kappa shape index (κ3) is 5.75. The smallest absolute Gasteiger partial charge is 0.410 e. The highest BCUT2D eigenvalue weighted by atomic mass is 32.2. The first-order valence-electron chi connectivity index (χ1n) is 14.3. The predicted molar refractivity (Wildman–Crippen MR) is 162 cm³/mol. The van der Waals surface area contributed by atoms with Crippen molar-refractivity contribution in [3.05, 3.63) is 59.0 Å². The molecule has 232 valence electrons. The van der Waals surface area contributed by atoms with Gasteiger partial charge in [-0.3, -0.25) is 4.79 Å². The molecule has 5 heterocycles. The van der Waals surface area contributed by atoms with Gasteiger partial charge in [-0.1, -0.05) is 43.6 Å². The molecule has 3 aliphatic rings. The molecule has 2 fully saturated rings. The van der Waals surface area contributed by atoms with Gasteiger partial charge in [0.2, 0.25) is 10.7 Å². The van der Waals surface area contributed by atoms with Crippen molar-refractivity contribution in [3.63, 3.8) is 0 Å². The summed E-state index contributed by atoms with van der Waals surface area (Å²) >= 11 is 3.19. The fourth-order valence-corrected chi connectivity index (χ4v) is 9.09. The molecule has 0 radical (unpaired) electrons. The number of thiazole rings is 1. The number of carbonyl (C=O) groups is 3. The summed E-state index contributed by atoms with van der Waals surface area (Å²) < 4.78 is 20.3. The minimum absolute atomic E-state index is 0.0238. The van der Waals surface area contributed by atoms with Crippen LogP contribution >= 0.6 is 23.1 Å². The molecule has 11 nitrogen and oxygen atoms in total. The average Bonchev–Trinajstić information content (AvgIpc) is 3.69. The van der Waals surface area contributed by atoms with Crippen LogP contribution in [0.15, 0.2) is 48.3 Å². The number of carbonyl (C=O) groups excluding carboxylic acids is 3. The number of aliphatic hydroxyl groups is 1. The molecule has 0 unspecified atom stereocenters. The standard InChI is InChI=1S/C30H39N4O7S2/c1-7-9-40-29(37)26-27(17(3)25-24(18(4)35)28(36)34(25)26)43-22-12-20(33(14-22)30(38)41-10-8-2)11-21-13-32-19(5)31(16-39-6)15-23(32)42-21/h7-8,13,15,17-18,20,22,24-25,35H,1-2,9-12,14,16H2,3-6H3/q+1/t17-,18-,20-,22+,24-,25-/m1/s1. The van der Waals surface area contributed by atoms with Crippen molar-refractivity contribution in [3.8, 4) is 0 Å². The van der Waals surface area contributed by atoms with E-state index in [-0.39, 0.29) is 48.1 Å². The Morgan fingerprint density at radius 1 is 1.28 bits per heavy atom. The molecule has 0 aliphatic carbocycles. The molecule has 2 amide bonds. The van der Waals surface area contributed by atoms with Crippen molar-refractivity contribution in [1.29, 1.82) is 0 Å². The molecule has 43 heavy (non-hydrogen) atoms. The molecule has 3 aliphatic heterocycles. The van der Waals surface area contributed by atoms with E-state index in [2.05, 4.69) is 30.0 Å². The summed E-state index contributed by atoms with van der Waals surface area (Å²) in [5, 5.41) is 10.3. The first-order valence-corrected chi connectivity index (χ1v) is 16.0. The number of ether oxygens (including phenoxy) is 3. The van der Waals surface area contributed by atoms with Crippen LogP contribution in [-0.2, 0) is 37.0 Å². The second kappa shape index (κ2) is 12.8. The maximum absolute atomic E-state index is 13.2. The summed E-state index contributed by atoms with van der Waals surface area (Å²) in [6.07, 6.45) is 7.28. The number of likely N-dealkylation sites (tertiary alicyclic amines) is 1. The number of hydrogen-bond donors (Lipinski definition) is 1. The molecule has 6 atom stereocenters. The van der Waals surface area contributed by atoms with Crippen molar-refractivity contribution in [2.24, 2.45) is 11.8 Å². The van der Waals surface area contributed by atoms with Crippen LogP contribution in [0.25, 0.3) is 4.83 Å². The van der Waals surface area contributed by atoms with Gasteiger partial charge in [0, 0.05) is 49.1 Å². The lowest BCUT2D eigenvalue weighted by molar-refractivity contribution is -0.735. The van der Waals surface area contributed by atoms with Crippen molar-refractivity contribution in [2.75, 3.05) is 26.9 Å². The largest absolute Gasteiger partial charge is 0.457 e. The average molecular weight is 632 g/mol. The first-order chi connectivity index (χ1) is 20.6. The van der Waals surface area contributed by atoms with Gasteiger partial charge in [0.15, 0.2) is 12.9 Å². The van der Waals surface area contributed by atoms with Crippen LogP contribution < -0.4 is 4.57 Å². The fraction of sp³-hybridized carbons (Fsp3) is 0.533. The first kappa shape index (κ1) is 31.3. The zero-order valence-corrected chi connectivity index (χ0v) is 26.6. The number of esters is 1. The lowest BCUT2D eigenvalue weighted by atomic mass is 9.79. The van der Waals surface area contributed by atoms with Crippen molar-refractivity contribution >= 4 is 45.9 Å². The number of β-lactam (4-membered cyclic amide) rings is 1. The van der Waals surface area contributed by atoms with Gasteiger partial charge in [0.05, 0.1) is 22.9 Å². The minimum atomic E-state index is -0.832. The number of fused-ring (bicyclic) bond motifs is 2. The second-order valence-corrected chi connectivity index (χ2v) is 13.7. The Bertz CT molecular complexity index is 1460. The van der Waals surface area contributed by atoms with Gasteiger partial charge in [0.1, 0.15) is 25.1 Å². The summed E-state index contributed by atoms with van der Waals surface area (Å²) in [6, 6.07) is -0.437. The van der Waals surface area contributed by atoms with E-state index >= 15 is 0 Å². The Morgan fingerprint density at radius 2 is 2.00 bits per heavy atom. The summed E-state index contributed by atoms with van der Waals surface area (Å²) in [5.74, 6) is -0.555. The highest BCUT2D eigenvalue weighted by Gasteiger charge is 2.60. The van der Waals surface area contributed by atoms with Gasteiger partial charge in [-0.05, 0) is 13.3 Å². The van der Waals surface area contributed by atoms with E-state index in [9.17, 15) is 19.5 Å². The predicted octanol–water partition coefficient (Wildman–Crippen LogP) is 3.04. The fourth-order valence-electron chi connectivity index (χ4n) is 6.36. The number of rotatable bonds is 12. The van der Waals surface area contributed by atoms with Crippen LogP contribution in [0, 0.1) is 18.8 Å². The van der Waals surface area contributed by atoms with Crippen molar-refractivity contribution < 1.29 is 38.3 Å². The number of aromatic nitrogens is 2. The lowest BCUT2D eigenvalue weighted by Gasteiger charge is -2.46. The summed E-state index contributed by atoms with van der Waals surface area (Å²) in [7, 11) is 1.67. The molecular formula is C30H39N4O7S2+. The van der Waals surface area contributed by atoms with E-state index in [1.165, 1.54) is 22.7 Å². The van der Waals surface area contributed by atoms with Crippen molar-refractivity contribution in [1.82, 2.24) is 14.2 Å². The monoisotopic (exact) mass is 631 g/mol. The maximum Gasteiger partial charge on any atom is 0.410 e. The van der Waals surface area contributed by atoms with Gasteiger partial charge in [0.25, 0.3) is 5.82 Å². The highest BCUT2D eigenvalue weighted by Crippen LogP contribution is 2.52. The number of hydrogen-bond acceptors (Lipinski definition) is 9. The van der Waals surface area contributed by atoms with Crippen LogP contribution in [0.1, 0.15) is 31.0 Å². The number of methoxy groups -OCH3 is 1. The normalized spacial score (nSPS) is 25.6. The number of imidazole rings is 1. The molecule has 13 heteroatoms. The molecule has 2 saturated heterocycles. The molecule has 5 rings (SSSR count). The minimum Gasteiger partial charge on any atom is -0.457 e. The molecule has 2 aromatic rings. The van der Waals surface area contributed by atoms with Gasteiger partial charge in [-0.15, -0.1) is 11.8 Å². The number of aryl methyl sites for hydroxylation is 1. The zero-order valence-electron chi connectivity index (χ0n) is 24.9. The Morgan fingerprint density at radius 3 is 2.65 bits per heavy atom. The number of aliphatic hydroxyl groups excluding tert-OH is 1. The Labute approximate surface area is 259 Å². The molecule has 0 bridgehead atoms. The summed E-state index contributed by atoms with van der Waals surface area (Å²) in [4.78, 5) is 45.6. The molecule has 0 saturated carbocycles. The van der Waals surface area contributed by atoms with Gasteiger partial charge in [-0.25, -0.2) is 14.2 Å². The van der Waals surface area contributed by atoms with Gasteiger partial charge < -0.3 is 29.1 Å². The van der Waals surface area contributed by atoms with E-state index in [1.54, 1.807) is 36.3 Å². The van der Waals surface area contributed by atoms with Crippen LogP contribution in [0.2, 0.25) is 0 Å². The third-order valence-electron chi connectivity index (χ3n) is 8.34. The molecule has 1 N–H and O–H groups in total. The van der Waals surface area contributed by atoms with Crippen molar-refractivity contribution in [2.45, 2.75) is 63.8 Å². The molecule has 0 spiro atoms. The van der Waals surface area contributed by atoms with Crippen LogP contribution in [0.5, 0.6) is 0 Å². The van der Waals surface area contributed by atoms with E-state index in [0.29, 0.717) is 26.1 Å². The molecule has 2 aromatic heterocycles. The summed E-state index contributed by atoms with van der Waals surface area (Å²) in [6.45, 7) is 13.9. The lowest BCUT2D eigenvalue weighted by Crippen LogP contribution is -2.63. The van der Waals surface area contributed by atoms with Crippen LogP contribution in [0.3, 0.4) is 0 Å². The quantitative estimate of drug-likeness (QED) is 0.165. The van der Waals surface area contributed by atoms with Gasteiger partial charge >= 0.3 is 12.1 Å². The van der Waals surface area contributed by atoms with Crippen LogP contribution in [0.4, 0.5) is 4.79 Å². The van der Waals surface area contributed by atoms with E-state index in [0.717, 1.165) is 20.4 Å². The molecular weight excluding hydrogens is 592 g/mol. The number of nitrogens with zero attached hydrogens (tertiary/aromatic N) is 4. The molecule has 0 aromatic carbocycles. The highest BCUT2D eigenvalue weighted by molar-refractivity contribution is 8.03. The third-order valence-corrected chi connectivity index (χ3v) is 10.9. The van der Waals surface area contributed by atoms with E-state index < -0.39 is 24.1 Å². The van der Waals surface area contributed by atoms with E-state index in [1.807, 2.05) is 18.4 Å². The Balaban J connectivity index is 1.40. The van der Waals surface area contributed by atoms with E-state index in [4.69, 9.17) is 14.2 Å². The Kier molecular flexibility index (Phi) is 9.35. The Hall–Kier alpha value is -3.13. The second-order valence-electron chi connectivity index (χ2n) is 11.2. The van der Waals surface area contributed by atoms with Crippen LogP contribution in [-0.4, -0.2) is 87.6 Å². The topological polar surface area (TPSA) is 114 Å². The zero-order chi connectivity index (χ0) is 31.0. The number of amides is 2. The number of thioether (sulfide) groups is 1. The van der Waals surface area contributed by atoms with Gasteiger partial charge in [-0.2, -0.15) is 4.40 Å². The summed E-state index contributed by atoms with van der Waals surface area (Å²) in [5.41, 5.74) is 0.240. The maximum atomic E-state index is 13.2. The SMILES string of the molecule is C=CCOC(=O)C1=C(S[C@H]2C[C@@H](Cc3cn4c(C)[n+](COC)cc4s3)N(C(=O)OCC=C)C2)[C@H](C)[C@@H]2[C@@H]([C@@H](C)O)C(=O)N12.